The summed E-state index contributed by atoms with van der Waals surface area (Å²) in [7, 11) is 0. The third-order valence-corrected chi connectivity index (χ3v) is 2.40. The molecule has 0 aromatic carbocycles. The van der Waals surface area contributed by atoms with Crippen LogP contribution in [0.15, 0.2) is 0 Å². The van der Waals surface area contributed by atoms with Crippen molar-refractivity contribution in [2.75, 3.05) is 6.54 Å². The van der Waals surface area contributed by atoms with Crippen molar-refractivity contribution in [1.82, 2.24) is 10.6 Å². The van der Waals surface area contributed by atoms with Gasteiger partial charge in [-0.3, -0.25) is 9.59 Å². The molecule has 0 aromatic heterocycles. The lowest BCUT2D eigenvalue weighted by Crippen LogP contribution is -2.49. The first-order chi connectivity index (χ1) is 7.50. The second kappa shape index (κ2) is 5.45. The predicted molar refractivity (Wildman–Crippen MR) is 54.4 cm³/mol. The first kappa shape index (κ1) is 12.4. The second-order valence-electron chi connectivity index (χ2n) is 3.72. The van der Waals surface area contributed by atoms with Gasteiger partial charge in [0.25, 0.3) is 0 Å². The summed E-state index contributed by atoms with van der Waals surface area (Å²) in [6.45, 7) is 0.742. The normalized spacial score (nSPS) is 21.4. The van der Waals surface area contributed by atoms with Gasteiger partial charge in [-0.1, -0.05) is 0 Å². The van der Waals surface area contributed by atoms with Gasteiger partial charge in [-0.05, 0) is 19.4 Å². The minimum atomic E-state index is -1.26. The van der Waals surface area contributed by atoms with E-state index in [0.717, 1.165) is 13.0 Å². The van der Waals surface area contributed by atoms with Crippen LogP contribution in [0.1, 0.15) is 19.3 Å². The van der Waals surface area contributed by atoms with Crippen LogP contribution in [0.2, 0.25) is 0 Å². The van der Waals surface area contributed by atoms with Crippen LogP contribution in [-0.4, -0.2) is 41.5 Å². The van der Waals surface area contributed by atoms with Gasteiger partial charge < -0.3 is 21.5 Å². The maximum Gasteiger partial charge on any atom is 0.326 e. The Morgan fingerprint density at radius 1 is 1.50 bits per heavy atom. The van der Waals surface area contributed by atoms with E-state index in [-0.39, 0.29) is 6.04 Å². The lowest BCUT2D eigenvalue weighted by atomic mass is 10.1. The fraction of sp³-hybridized carbons (Fsp3) is 0.667. The molecule has 1 fully saturated rings. The average molecular weight is 229 g/mol. The van der Waals surface area contributed by atoms with Crippen molar-refractivity contribution in [3.8, 4) is 0 Å². The minimum Gasteiger partial charge on any atom is -0.480 e. The molecule has 1 heterocycles. The number of carboxylic acid groups (broad SMARTS) is 1. The molecule has 0 spiro atoms. The first-order valence-corrected chi connectivity index (χ1v) is 5.05. The van der Waals surface area contributed by atoms with E-state index >= 15 is 0 Å². The number of carboxylic acids is 1. The molecule has 1 saturated heterocycles. The zero-order chi connectivity index (χ0) is 12.1. The van der Waals surface area contributed by atoms with Gasteiger partial charge in [-0.25, -0.2) is 4.79 Å². The maximum absolute atomic E-state index is 11.6. The van der Waals surface area contributed by atoms with Crippen LogP contribution >= 0.6 is 0 Å². The largest absolute Gasteiger partial charge is 0.480 e. The molecule has 0 unspecified atom stereocenters. The quantitative estimate of drug-likeness (QED) is 0.442. The Balaban J connectivity index is 2.50. The molecule has 16 heavy (non-hydrogen) atoms. The fourth-order valence-corrected chi connectivity index (χ4v) is 1.58. The number of hydrogen-bond acceptors (Lipinski definition) is 4. The zero-order valence-electron chi connectivity index (χ0n) is 8.73. The second-order valence-corrected chi connectivity index (χ2v) is 3.72. The Kier molecular flexibility index (Phi) is 4.24. The Bertz CT molecular complexity index is 299. The average Bonchev–Trinajstić information content (AvgIpc) is 2.68. The molecule has 1 rings (SSSR count). The van der Waals surface area contributed by atoms with Crippen molar-refractivity contribution in [3.05, 3.63) is 0 Å². The van der Waals surface area contributed by atoms with Crippen LogP contribution in [0.3, 0.4) is 0 Å². The van der Waals surface area contributed by atoms with Gasteiger partial charge in [-0.2, -0.15) is 0 Å². The van der Waals surface area contributed by atoms with Gasteiger partial charge in [0, 0.05) is 0 Å². The zero-order valence-corrected chi connectivity index (χ0v) is 8.73. The third-order valence-electron chi connectivity index (χ3n) is 2.40. The van der Waals surface area contributed by atoms with E-state index in [0.29, 0.717) is 6.42 Å². The van der Waals surface area contributed by atoms with Crippen LogP contribution in [0.5, 0.6) is 0 Å². The summed E-state index contributed by atoms with van der Waals surface area (Å²) in [5.74, 6) is -2.41. The van der Waals surface area contributed by atoms with Gasteiger partial charge in [-0.15, -0.1) is 0 Å². The minimum absolute atomic E-state index is 0.366. The topological polar surface area (TPSA) is 122 Å². The molecule has 90 valence electrons. The molecule has 7 heteroatoms. The SMILES string of the molecule is NC(=O)C[C@H](NC(=O)[C@H]1CCCN1)C(=O)O. The summed E-state index contributed by atoms with van der Waals surface area (Å²) in [5, 5.41) is 14.0. The number of primary amides is 1. The lowest BCUT2D eigenvalue weighted by Gasteiger charge is -2.16. The number of rotatable bonds is 5. The van der Waals surface area contributed by atoms with Crippen molar-refractivity contribution in [2.45, 2.75) is 31.3 Å². The number of aliphatic carboxylic acids is 1. The van der Waals surface area contributed by atoms with E-state index in [2.05, 4.69) is 10.6 Å². The molecule has 7 nitrogen and oxygen atoms in total. The summed E-state index contributed by atoms with van der Waals surface area (Å²) in [6, 6.07) is -1.61. The molecule has 1 aliphatic rings. The van der Waals surface area contributed by atoms with E-state index in [9.17, 15) is 14.4 Å². The van der Waals surface area contributed by atoms with Gasteiger partial charge >= 0.3 is 5.97 Å². The van der Waals surface area contributed by atoms with Gasteiger partial charge in [0.2, 0.25) is 11.8 Å². The summed E-state index contributed by atoms with van der Waals surface area (Å²) >= 11 is 0. The van der Waals surface area contributed by atoms with Gasteiger partial charge in [0.15, 0.2) is 0 Å². The molecular weight excluding hydrogens is 214 g/mol. The molecule has 0 saturated carbocycles. The number of hydrogen-bond donors (Lipinski definition) is 4. The Hall–Kier alpha value is -1.63. The van der Waals surface area contributed by atoms with Crippen LogP contribution in [0, 0.1) is 0 Å². The number of amides is 2. The van der Waals surface area contributed by atoms with E-state index in [4.69, 9.17) is 10.8 Å². The predicted octanol–water partition coefficient (Wildman–Crippen LogP) is -1.82. The highest BCUT2D eigenvalue weighted by molar-refractivity contribution is 5.90. The molecule has 1 aliphatic heterocycles. The molecular formula is C9H15N3O4. The summed E-state index contributed by atoms with van der Waals surface area (Å²) in [6.07, 6.45) is 1.16. The number of carbonyl (C=O) groups excluding carboxylic acids is 2. The molecule has 0 radical (unpaired) electrons. The van der Waals surface area contributed by atoms with E-state index in [1.807, 2.05) is 0 Å². The van der Waals surface area contributed by atoms with E-state index < -0.39 is 30.2 Å². The summed E-state index contributed by atoms with van der Waals surface area (Å²) in [4.78, 5) is 32.9. The maximum atomic E-state index is 11.6. The monoisotopic (exact) mass is 229 g/mol. The Labute approximate surface area is 92.4 Å². The van der Waals surface area contributed by atoms with Crippen LogP contribution < -0.4 is 16.4 Å². The van der Waals surface area contributed by atoms with Crippen molar-refractivity contribution < 1.29 is 19.5 Å². The first-order valence-electron chi connectivity index (χ1n) is 5.05. The van der Waals surface area contributed by atoms with Gasteiger partial charge in [0.05, 0.1) is 12.5 Å². The van der Waals surface area contributed by atoms with Crippen molar-refractivity contribution in [2.24, 2.45) is 5.73 Å². The highest BCUT2D eigenvalue weighted by Crippen LogP contribution is 2.05. The third kappa shape index (κ3) is 3.50. The van der Waals surface area contributed by atoms with Crippen LogP contribution in [0.4, 0.5) is 0 Å². The molecule has 0 aliphatic carbocycles. The fourth-order valence-electron chi connectivity index (χ4n) is 1.58. The summed E-state index contributed by atoms with van der Waals surface area (Å²) < 4.78 is 0. The van der Waals surface area contributed by atoms with E-state index in [1.165, 1.54) is 0 Å². The van der Waals surface area contributed by atoms with Crippen LogP contribution in [-0.2, 0) is 14.4 Å². The number of nitrogens with one attached hydrogen (secondary N) is 2. The lowest BCUT2D eigenvalue weighted by molar-refractivity contribution is -0.143. The van der Waals surface area contributed by atoms with Gasteiger partial charge in [0.1, 0.15) is 6.04 Å². The highest BCUT2D eigenvalue weighted by atomic mass is 16.4. The van der Waals surface area contributed by atoms with Crippen molar-refractivity contribution in [3.63, 3.8) is 0 Å². The standard InChI is InChI=1S/C9H15N3O4/c10-7(13)4-6(9(15)16)12-8(14)5-2-1-3-11-5/h5-6,11H,1-4H2,(H2,10,13)(H,12,14)(H,15,16)/t5-,6+/m1/s1. The Morgan fingerprint density at radius 2 is 2.19 bits per heavy atom. The Morgan fingerprint density at radius 3 is 2.62 bits per heavy atom. The smallest absolute Gasteiger partial charge is 0.326 e. The van der Waals surface area contributed by atoms with E-state index in [1.54, 1.807) is 0 Å². The molecule has 2 amide bonds. The molecule has 0 aromatic rings. The molecule has 5 N–H and O–H groups in total. The summed E-state index contributed by atoms with van der Waals surface area (Å²) in [5.41, 5.74) is 4.89. The van der Waals surface area contributed by atoms with Crippen molar-refractivity contribution >= 4 is 17.8 Å². The van der Waals surface area contributed by atoms with Crippen LogP contribution in [0.25, 0.3) is 0 Å². The molecule has 0 bridgehead atoms. The highest BCUT2D eigenvalue weighted by Gasteiger charge is 2.27. The number of nitrogens with two attached hydrogens (primary N) is 1. The number of carbonyl (C=O) groups is 3. The van der Waals surface area contributed by atoms with Crippen molar-refractivity contribution in [1.29, 1.82) is 0 Å². The molecule has 2 atom stereocenters.